The summed E-state index contributed by atoms with van der Waals surface area (Å²) in [5.74, 6) is 1.89. The predicted molar refractivity (Wildman–Crippen MR) is 110 cm³/mol. The minimum Gasteiger partial charge on any atom is -0.497 e. The van der Waals surface area contributed by atoms with E-state index in [0.29, 0.717) is 17.3 Å². The van der Waals surface area contributed by atoms with Crippen LogP contribution in [0.5, 0.6) is 11.5 Å². The first-order valence-corrected chi connectivity index (χ1v) is 9.35. The number of amidine groups is 1. The largest absolute Gasteiger partial charge is 0.497 e. The molecule has 0 saturated carbocycles. The molecule has 0 bridgehead atoms. The molecule has 7 nitrogen and oxygen atoms in total. The number of rotatable bonds is 5. The average Bonchev–Trinajstić information content (AvgIpc) is 2.78. The molecule has 0 radical (unpaired) electrons. The van der Waals surface area contributed by atoms with E-state index < -0.39 is 6.04 Å². The normalized spacial score (nSPS) is 18.6. The van der Waals surface area contributed by atoms with E-state index in [1.54, 1.807) is 20.3 Å². The Morgan fingerprint density at radius 2 is 1.86 bits per heavy atom. The van der Waals surface area contributed by atoms with Crippen molar-refractivity contribution in [3.05, 3.63) is 47.5 Å². The number of benzene rings is 2. The molecule has 1 unspecified atom stereocenters. The number of nitrogens with zero attached hydrogens (tertiary/aromatic N) is 2. The molecule has 0 amide bonds. The second-order valence-electron chi connectivity index (χ2n) is 6.76. The zero-order chi connectivity index (χ0) is 19.5. The van der Waals surface area contributed by atoms with Gasteiger partial charge in [-0.1, -0.05) is 0 Å². The van der Waals surface area contributed by atoms with Crippen molar-refractivity contribution in [1.29, 1.82) is 0 Å². The van der Waals surface area contributed by atoms with Crippen LogP contribution in [0.1, 0.15) is 17.2 Å². The van der Waals surface area contributed by atoms with E-state index in [0.717, 1.165) is 49.3 Å². The van der Waals surface area contributed by atoms with Gasteiger partial charge in [0.05, 0.1) is 19.9 Å². The lowest BCUT2D eigenvalue weighted by Gasteiger charge is -2.29. The van der Waals surface area contributed by atoms with Crippen LogP contribution in [0.3, 0.4) is 0 Å². The lowest BCUT2D eigenvalue weighted by Crippen LogP contribution is -2.43. The highest BCUT2D eigenvalue weighted by molar-refractivity contribution is 6.11. The van der Waals surface area contributed by atoms with Gasteiger partial charge in [-0.25, -0.2) is 0 Å². The fourth-order valence-electron chi connectivity index (χ4n) is 3.66. The Labute approximate surface area is 164 Å². The Morgan fingerprint density at radius 3 is 2.50 bits per heavy atom. The molecule has 0 spiro atoms. The van der Waals surface area contributed by atoms with Crippen LogP contribution in [0.15, 0.2) is 41.4 Å². The van der Waals surface area contributed by atoms with Crippen molar-refractivity contribution in [1.82, 2.24) is 5.32 Å². The van der Waals surface area contributed by atoms with E-state index in [1.165, 1.54) is 5.69 Å². The minimum absolute atomic E-state index is 0.579. The van der Waals surface area contributed by atoms with Gasteiger partial charge < -0.3 is 29.8 Å². The first-order chi connectivity index (χ1) is 13.7. The van der Waals surface area contributed by atoms with Gasteiger partial charge in [0.25, 0.3) is 0 Å². The van der Waals surface area contributed by atoms with Gasteiger partial charge in [0.15, 0.2) is 0 Å². The monoisotopic (exact) mass is 380 g/mol. The highest BCUT2D eigenvalue weighted by Crippen LogP contribution is 2.40. The Kier molecular flexibility index (Phi) is 5.16. The summed E-state index contributed by atoms with van der Waals surface area (Å²) in [7, 11) is 3.18. The van der Waals surface area contributed by atoms with Crippen molar-refractivity contribution in [3.63, 3.8) is 0 Å². The van der Waals surface area contributed by atoms with E-state index in [1.807, 2.05) is 18.2 Å². The molecule has 2 aromatic rings. The summed E-state index contributed by atoms with van der Waals surface area (Å²) in [6.07, 6.45) is 0.837. The number of carbonyl (C=O) groups excluding carboxylic acids is 1. The molecular formula is C21H24N4O3. The zero-order valence-corrected chi connectivity index (χ0v) is 16.1. The molecule has 1 atom stereocenters. The SMILES string of the molecule is COc1cc2c(c(OC)c1)C(C=O)N=C(c1ccc(N3CCNCC3)cc1)N2. The van der Waals surface area contributed by atoms with Crippen molar-refractivity contribution in [2.75, 3.05) is 50.6 Å². The second kappa shape index (κ2) is 7.90. The van der Waals surface area contributed by atoms with Gasteiger partial charge in [0, 0.05) is 55.1 Å². The van der Waals surface area contributed by atoms with Crippen molar-refractivity contribution in [2.45, 2.75) is 6.04 Å². The number of nitrogens with one attached hydrogen (secondary N) is 2. The Hall–Kier alpha value is -3.06. The number of aldehydes is 1. The van der Waals surface area contributed by atoms with Crippen LogP contribution < -0.4 is 25.0 Å². The molecule has 4 rings (SSSR count). The maximum atomic E-state index is 11.7. The third-order valence-electron chi connectivity index (χ3n) is 5.14. The van der Waals surface area contributed by atoms with Crippen molar-refractivity contribution >= 4 is 23.5 Å². The topological polar surface area (TPSA) is 75.2 Å². The van der Waals surface area contributed by atoms with Gasteiger partial charge in [0.2, 0.25) is 0 Å². The van der Waals surface area contributed by atoms with Gasteiger partial charge >= 0.3 is 0 Å². The summed E-state index contributed by atoms with van der Waals surface area (Å²) in [6.45, 7) is 3.99. The first-order valence-electron chi connectivity index (χ1n) is 9.35. The Balaban J connectivity index is 1.65. The summed E-state index contributed by atoms with van der Waals surface area (Å²) in [5, 5.41) is 6.70. The van der Waals surface area contributed by atoms with Crippen LogP contribution in [0.2, 0.25) is 0 Å². The third-order valence-corrected chi connectivity index (χ3v) is 5.14. The summed E-state index contributed by atoms with van der Waals surface area (Å²) in [6, 6.07) is 11.3. The molecule has 2 aliphatic heterocycles. The minimum atomic E-state index is -0.625. The highest BCUT2D eigenvalue weighted by atomic mass is 16.5. The standard InChI is InChI=1S/C21H24N4O3/c1-27-16-11-17-20(19(12-16)28-2)18(13-26)24-21(23-17)14-3-5-15(6-4-14)25-9-7-22-8-10-25/h3-6,11-13,18,22H,7-10H2,1-2H3,(H,23,24). The lowest BCUT2D eigenvalue weighted by molar-refractivity contribution is -0.108. The van der Waals surface area contributed by atoms with Gasteiger partial charge in [-0.2, -0.15) is 0 Å². The lowest BCUT2D eigenvalue weighted by atomic mass is 10.0. The molecule has 2 aliphatic rings. The van der Waals surface area contributed by atoms with Crippen LogP contribution in [-0.2, 0) is 4.79 Å². The van der Waals surface area contributed by atoms with Crippen LogP contribution >= 0.6 is 0 Å². The van der Waals surface area contributed by atoms with Gasteiger partial charge in [-0.15, -0.1) is 0 Å². The van der Waals surface area contributed by atoms with E-state index >= 15 is 0 Å². The third kappa shape index (κ3) is 3.41. The fraction of sp³-hybridized carbons (Fsp3) is 0.333. The molecule has 1 fully saturated rings. The number of aliphatic imine (C=N–C) groups is 1. The van der Waals surface area contributed by atoms with Crippen LogP contribution in [-0.4, -0.2) is 52.5 Å². The van der Waals surface area contributed by atoms with Crippen LogP contribution in [0.25, 0.3) is 0 Å². The highest BCUT2D eigenvalue weighted by Gasteiger charge is 2.26. The predicted octanol–water partition coefficient (Wildman–Crippen LogP) is 2.23. The summed E-state index contributed by atoms with van der Waals surface area (Å²) < 4.78 is 10.8. The smallest absolute Gasteiger partial charge is 0.149 e. The fourth-order valence-corrected chi connectivity index (χ4v) is 3.66. The molecule has 2 heterocycles. The molecule has 1 saturated heterocycles. The van der Waals surface area contributed by atoms with Gasteiger partial charge in [-0.3, -0.25) is 4.99 Å². The maximum absolute atomic E-state index is 11.7. The number of carbonyl (C=O) groups is 1. The van der Waals surface area contributed by atoms with Gasteiger partial charge in [0.1, 0.15) is 29.7 Å². The maximum Gasteiger partial charge on any atom is 0.149 e. The summed E-state index contributed by atoms with van der Waals surface area (Å²) in [4.78, 5) is 18.7. The molecule has 7 heteroatoms. The summed E-state index contributed by atoms with van der Waals surface area (Å²) >= 11 is 0. The Morgan fingerprint density at radius 1 is 1.11 bits per heavy atom. The molecule has 2 aromatic carbocycles. The molecule has 2 N–H and O–H groups in total. The van der Waals surface area contributed by atoms with Crippen LogP contribution in [0.4, 0.5) is 11.4 Å². The number of hydrogen-bond acceptors (Lipinski definition) is 7. The number of fused-ring (bicyclic) bond motifs is 1. The number of anilines is 2. The quantitative estimate of drug-likeness (QED) is 0.775. The molecular weight excluding hydrogens is 356 g/mol. The van der Waals surface area contributed by atoms with Crippen molar-refractivity contribution < 1.29 is 14.3 Å². The van der Waals surface area contributed by atoms with Gasteiger partial charge in [-0.05, 0) is 24.3 Å². The first kappa shape index (κ1) is 18.3. The average molecular weight is 380 g/mol. The molecule has 0 aromatic heterocycles. The number of hydrogen-bond donors (Lipinski definition) is 2. The molecule has 146 valence electrons. The number of piperazine rings is 1. The van der Waals surface area contributed by atoms with E-state index in [2.05, 4.69) is 32.7 Å². The van der Waals surface area contributed by atoms with Crippen LogP contribution in [0, 0.1) is 0 Å². The van der Waals surface area contributed by atoms with Crippen molar-refractivity contribution in [3.8, 4) is 11.5 Å². The second-order valence-corrected chi connectivity index (χ2v) is 6.76. The molecule has 28 heavy (non-hydrogen) atoms. The number of ether oxygens (including phenoxy) is 2. The van der Waals surface area contributed by atoms with E-state index in [9.17, 15) is 4.79 Å². The zero-order valence-electron chi connectivity index (χ0n) is 16.1. The summed E-state index contributed by atoms with van der Waals surface area (Å²) in [5.41, 5.74) is 3.61. The van der Waals surface area contributed by atoms with E-state index in [-0.39, 0.29) is 0 Å². The Bertz CT molecular complexity index is 889. The molecule has 0 aliphatic carbocycles. The number of methoxy groups -OCH3 is 2. The van der Waals surface area contributed by atoms with E-state index in [4.69, 9.17) is 9.47 Å². The van der Waals surface area contributed by atoms with Crippen molar-refractivity contribution in [2.24, 2.45) is 4.99 Å².